The normalized spacial score (nSPS) is 31.5. The van der Waals surface area contributed by atoms with Crippen molar-refractivity contribution in [2.75, 3.05) is 46.8 Å². The molecule has 11 nitrogen and oxygen atoms in total. The Balaban J connectivity index is 1.33. The Labute approximate surface area is 241 Å². The lowest BCUT2D eigenvalue weighted by Gasteiger charge is -2.70. The van der Waals surface area contributed by atoms with E-state index in [0.29, 0.717) is 42.6 Å². The number of ketones is 1. The van der Waals surface area contributed by atoms with Crippen molar-refractivity contribution in [1.29, 1.82) is 0 Å². The molecule has 1 spiro atoms. The van der Waals surface area contributed by atoms with Gasteiger partial charge in [0.25, 0.3) is 0 Å². The van der Waals surface area contributed by atoms with Gasteiger partial charge >= 0.3 is 6.09 Å². The molecule has 2 amide bonds. The number of likely N-dealkylation sites (N-methyl/N-ethyl adjacent to an activating group) is 2. The van der Waals surface area contributed by atoms with Crippen molar-refractivity contribution < 1.29 is 33.4 Å². The molecule has 1 saturated carbocycles. The highest BCUT2D eigenvalue weighted by Crippen LogP contribution is 2.64. The smallest absolute Gasteiger partial charge is 0.415 e. The van der Waals surface area contributed by atoms with Crippen LogP contribution >= 0.6 is 0 Å². The number of nitrogens with one attached hydrogen (secondary N) is 1. The first-order valence-electron chi connectivity index (χ1n) is 14.7. The van der Waals surface area contributed by atoms with Gasteiger partial charge in [-0.3, -0.25) is 9.59 Å². The number of likely N-dealkylation sites (tertiary alicyclic amines) is 1. The molecule has 5 rings (SSSR count). The van der Waals surface area contributed by atoms with Crippen molar-refractivity contribution >= 4 is 17.8 Å². The third-order valence-corrected chi connectivity index (χ3v) is 9.96. The summed E-state index contributed by atoms with van der Waals surface area (Å²) in [4.78, 5) is 39.8. The molecule has 4 aliphatic rings. The second-order valence-corrected chi connectivity index (χ2v) is 12.4. The number of hydrogen-bond acceptors (Lipinski definition) is 8. The first kappa shape index (κ1) is 29.5. The van der Waals surface area contributed by atoms with Crippen LogP contribution in [0.4, 0.5) is 4.79 Å². The first-order chi connectivity index (χ1) is 19.5. The average molecular weight is 570 g/mol. The van der Waals surface area contributed by atoms with E-state index in [1.165, 1.54) is 4.90 Å². The standard InChI is InChI=1S/C30H43N5O6/c1-4-16-35(3)17-12-29-24-19-8-9-22(25(24)41-26(29)21(36)10-11-30(29,39)23(35)18-19)40-28(38)34(2)15-14-33-27(37)20(32)7-5-6-13-31/h4,8-9,20,23,26H,1,5-7,10-18,31-32H2,2-3H3,(H,33,37)/t20-,23+,26-,29-,30+,35?/m0/s1. The maximum absolute atomic E-state index is 15.0. The monoisotopic (exact) mass is 569 g/mol. The van der Waals surface area contributed by atoms with E-state index in [0.717, 1.165) is 30.5 Å². The van der Waals surface area contributed by atoms with Crippen LogP contribution < -0.4 is 31.4 Å². The van der Waals surface area contributed by atoms with E-state index in [4.69, 9.17) is 20.9 Å². The van der Waals surface area contributed by atoms with Gasteiger partial charge in [0.15, 0.2) is 23.4 Å². The second kappa shape index (κ2) is 11.0. The van der Waals surface area contributed by atoms with Gasteiger partial charge < -0.3 is 40.7 Å². The second-order valence-electron chi connectivity index (χ2n) is 12.4. The van der Waals surface area contributed by atoms with Crippen LogP contribution in [0.3, 0.4) is 0 Å². The van der Waals surface area contributed by atoms with Crippen molar-refractivity contribution in [2.45, 2.75) is 74.1 Å². The summed E-state index contributed by atoms with van der Waals surface area (Å²) in [5.41, 5.74) is 10.8. The fraction of sp³-hybridized carbons (Fsp3) is 0.633. The SMILES string of the molecule is C=CC[N+]1(C)CC[C@]23c4c5ccc(OC(=O)N(C)CCNC(=O)[C@@H](N)CCCCN)c4O[C@H]2C(=O)CC[C@@]3([O-])[C@H]1C5. The number of nitrogens with zero attached hydrogens (tertiary/aromatic N) is 2. The third kappa shape index (κ3) is 4.63. The Morgan fingerprint density at radius 2 is 2.15 bits per heavy atom. The molecule has 5 N–H and O–H groups in total. The van der Waals surface area contributed by atoms with E-state index in [2.05, 4.69) is 18.9 Å². The molecule has 0 aromatic heterocycles. The predicted octanol–water partition coefficient (Wildman–Crippen LogP) is 0.112. The van der Waals surface area contributed by atoms with Crippen molar-refractivity contribution in [2.24, 2.45) is 11.5 Å². The lowest BCUT2D eigenvalue weighted by atomic mass is 9.48. The average Bonchev–Trinajstić information content (AvgIpc) is 3.30. The summed E-state index contributed by atoms with van der Waals surface area (Å²) in [6, 6.07) is 2.78. The lowest BCUT2D eigenvalue weighted by Crippen LogP contribution is -2.85. The maximum atomic E-state index is 15.0. The van der Waals surface area contributed by atoms with Crippen molar-refractivity contribution in [3.05, 3.63) is 35.9 Å². The van der Waals surface area contributed by atoms with Crippen LogP contribution in [0.15, 0.2) is 24.8 Å². The summed E-state index contributed by atoms with van der Waals surface area (Å²) >= 11 is 0. The molecule has 2 fully saturated rings. The highest BCUT2D eigenvalue weighted by Gasteiger charge is 2.71. The van der Waals surface area contributed by atoms with Gasteiger partial charge in [-0.25, -0.2) is 4.79 Å². The van der Waals surface area contributed by atoms with E-state index in [9.17, 15) is 19.5 Å². The van der Waals surface area contributed by atoms with Gasteiger partial charge in [0.05, 0.1) is 32.2 Å². The third-order valence-electron chi connectivity index (χ3n) is 9.96. The Bertz CT molecular complexity index is 1240. The van der Waals surface area contributed by atoms with Crippen LogP contribution in [0.25, 0.3) is 0 Å². The molecular weight excluding hydrogens is 526 g/mol. The van der Waals surface area contributed by atoms with Gasteiger partial charge in [-0.15, -0.1) is 0 Å². The van der Waals surface area contributed by atoms with E-state index >= 15 is 0 Å². The van der Waals surface area contributed by atoms with Gasteiger partial charge in [-0.05, 0) is 49.1 Å². The number of benzene rings is 1. The number of piperidine rings is 1. The molecule has 1 aromatic carbocycles. The molecule has 2 heterocycles. The minimum absolute atomic E-state index is 0.0644. The van der Waals surface area contributed by atoms with Gasteiger partial charge in [-0.2, -0.15) is 0 Å². The highest BCUT2D eigenvalue weighted by atomic mass is 16.6. The number of nitrogens with two attached hydrogens (primary N) is 2. The molecule has 1 aromatic rings. The molecule has 11 heteroatoms. The number of amides is 2. The first-order valence-corrected chi connectivity index (χ1v) is 14.7. The summed E-state index contributed by atoms with van der Waals surface area (Å²) in [6.07, 6.45) is 4.06. The number of ether oxygens (including phenoxy) is 2. The number of carbonyl (C=O) groups excluding carboxylic acids is 3. The quantitative estimate of drug-likeness (QED) is 0.192. The fourth-order valence-electron chi connectivity index (χ4n) is 7.76. The Kier molecular flexibility index (Phi) is 7.92. The summed E-state index contributed by atoms with van der Waals surface area (Å²) in [5.74, 6) is 0.212. The van der Waals surface area contributed by atoms with Crippen LogP contribution in [0.1, 0.15) is 49.7 Å². The summed E-state index contributed by atoms with van der Waals surface area (Å²) < 4.78 is 12.7. The van der Waals surface area contributed by atoms with E-state index < -0.39 is 29.3 Å². The summed E-state index contributed by atoms with van der Waals surface area (Å²) in [6.45, 7) is 6.34. The minimum Gasteiger partial charge on any atom is -0.844 e. The summed E-state index contributed by atoms with van der Waals surface area (Å²) in [5, 5.41) is 17.7. The zero-order valence-electron chi connectivity index (χ0n) is 24.2. The fourth-order valence-corrected chi connectivity index (χ4v) is 7.76. The van der Waals surface area contributed by atoms with Gasteiger partial charge in [0.1, 0.15) is 0 Å². The number of Topliss-reactive ketones (excluding diaryl/α,β-unsaturated/α-hetero) is 1. The maximum Gasteiger partial charge on any atom is 0.415 e. The summed E-state index contributed by atoms with van der Waals surface area (Å²) in [7, 11) is 3.69. The van der Waals surface area contributed by atoms with E-state index in [-0.39, 0.29) is 49.4 Å². The number of rotatable bonds is 11. The number of quaternary nitrogens is 1. The highest BCUT2D eigenvalue weighted by molar-refractivity contribution is 5.90. The number of unbranched alkanes of at least 4 members (excludes halogenated alkanes) is 1. The molecule has 6 atom stereocenters. The molecule has 224 valence electrons. The lowest BCUT2D eigenvalue weighted by molar-refractivity contribution is -0.954. The van der Waals surface area contributed by atoms with Crippen LogP contribution in [-0.2, 0) is 21.4 Å². The van der Waals surface area contributed by atoms with Crippen LogP contribution in [0.5, 0.6) is 11.5 Å². The molecule has 1 saturated heterocycles. The van der Waals surface area contributed by atoms with E-state index in [1.54, 1.807) is 13.1 Å². The van der Waals surface area contributed by atoms with Crippen molar-refractivity contribution in [3.8, 4) is 11.5 Å². The van der Waals surface area contributed by atoms with Crippen LogP contribution in [0.2, 0.25) is 0 Å². The molecule has 2 bridgehead atoms. The molecule has 41 heavy (non-hydrogen) atoms. The number of hydrogen-bond donors (Lipinski definition) is 3. The Morgan fingerprint density at radius 1 is 1.37 bits per heavy atom. The van der Waals surface area contributed by atoms with Crippen LogP contribution in [0, 0.1) is 0 Å². The number of carbonyl (C=O) groups is 3. The zero-order chi connectivity index (χ0) is 29.6. The van der Waals surface area contributed by atoms with E-state index in [1.807, 2.05) is 12.1 Å². The topological polar surface area (TPSA) is 160 Å². The van der Waals surface area contributed by atoms with Crippen LogP contribution in [-0.4, -0.2) is 97.8 Å². The largest absolute Gasteiger partial charge is 0.844 e. The predicted molar refractivity (Wildman–Crippen MR) is 150 cm³/mol. The zero-order valence-corrected chi connectivity index (χ0v) is 24.2. The van der Waals surface area contributed by atoms with Gasteiger partial charge in [0.2, 0.25) is 5.91 Å². The molecule has 1 unspecified atom stereocenters. The van der Waals surface area contributed by atoms with Gasteiger partial charge in [-0.1, -0.05) is 19.1 Å². The molecule has 0 radical (unpaired) electrons. The minimum atomic E-state index is -1.37. The molecular formula is C30H43N5O6. The Morgan fingerprint density at radius 3 is 2.88 bits per heavy atom. The van der Waals surface area contributed by atoms with Crippen molar-refractivity contribution in [3.63, 3.8) is 0 Å². The van der Waals surface area contributed by atoms with Crippen molar-refractivity contribution in [1.82, 2.24) is 10.2 Å². The molecule has 2 aliphatic carbocycles. The van der Waals surface area contributed by atoms with Gasteiger partial charge in [0, 0.05) is 50.4 Å². The Hall–Kier alpha value is -2.99. The molecule has 2 aliphatic heterocycles.